The number of allylic oxidation sites excluding steroid dienone is 2. The molecule has 0 aromatic rings. The van der Waals surface area contributed by atoms with Crippen molar-refractivity contribution >= 4 is 11.9 Å². The van der Waals surface area contributed by atoms with Gasteiger partial charge in [0.25, 0.3) is 0 Å². The predicted octanol–water partition coefficient (Wildman–Crippen LogP) is 16.5. The number of ether oxygens (including phenoxy) is 2. The van der Waals surface area contributed by atoms with Crippen LogP contribution in [0.4, 0.5) is 0 Å². The van der Waals surface area contributed by atoms with Gasteiger partial charge in [-0.25, -0.2) is 0 Å². The normalized spacial score (nSPS) is 40.0. The van der Waals surface area contributed by atoms with E-state index in [1.807, 2.05) is 0 Å². The minimum Gasteiger partial charge on any atom is -0.462 e. The average Bonchev–Trinajstić information content (AvgIpc) is 3.84. The minimum atomic E-state index is -0.140. The van der Waals surface area contributed by atoms with Gasteiger partial charge in [-0.05, 0) is 194 Å². The Morgan fingerprint density at radius 3 is 1.35 bits per heavy atom. The zero-order valence-corrected chi connectivity index (χ0v) is 45.3. The Labute approximate surface area is 417 Å². The first-order valence-electron chi connectivity index (χ1n) is 29.2. The molecule has 8 rings (SSSR count). The van der Waals surface area contributed by atoms with E-state index in [1.54, 1.807) is 11.1 Å². The van der Waals surface area contributed by atoms with E-state index in [0.29, 0.717) is 36.5 Å². The topological polar surface area (TPSA) is 52.6 Å². The minimum absolute atomic E-state index is 0.0149. The average molecular weight is 931 g/mol. The van der Waals surface area contributed by atoms with Gasteiger partial charge in [-0.15, -0.1) is 0 Å². The van der Waals surface area contributed by atoms with Crippen LogP contribution >= 0.6 is 0 Å². The molecule has 8 aliphatic rings. The zero-order chi connectivity index (χ0) is 48.4. The van der Waals surface area contributed by atoms with E-state index in [9.17, 15) is 9.59 Å². The molecule has 8 aliphatic carbocycles. The van der Waals surface area contributed by atoms with Gasteiger partial charge in [0.05, 0.1) is 12.8 Å². The molecular formula is C64H98O4. The molecule has 0 N–H and O–H groups in total. The largest absolute Gasteiger partial charge is 0.462 e. The summed E-state index contributed by atoms with van der Waals surface area (Å²) >= 11 is 0. The van der Waals surface area contributed by atoms with Crippen LogP contribution in [0.5, 0.6) is 0 Å². The molecule has 378 valence electrons. The molecule has 0 amide bonds. The highest BCUT2D eigenvalue weighted by atomic mass is 16.5. The smallest absolute Gasteiger partial charge is 0.307 e. The predicted molar refractivity (Wildman–Crippen MR) is 280 cm³/mol. The highest BCUT2D eigenvalue weighted by Gasteiger charge is 2.61. The van der Waals surface area contributed by atoms with Crippen LogP contribution in [-0.2, 0) is 19.1 Å². The Morgan fingerprint density at radius 1 is 0.544 bits per heavy atom. The van der Waals surface area contributed by atoms with Crippen molar-refractivity contribution in [3.8, 4) is 23.7 Å². The standard InChI is InChI=1S/C64H98O4/c1-43(2)19-17-21-45(5)53-29-31-55-51-27-25-47-41-49(33-37-61(47,7)57(51)35-39-63(53,55)9)67-59(65)23-15-13-11-12-14-16-24-60(66)68-50-34-38-62(8)48(42-50)26-28-52-56-32-30-54(46(6)22-18-20-44(3)4)64(56,10)40-36-58(52)62/h25-26,43-46,49-58H,15-24,27-42H2,1-10H3/t45-,46-,49?,50?,51+,52+,53-,54-,55+,56+,57+,58+,61+,62+,63-,64-/m1/s1. The van der Waals surface area contributed by atoms with Crippen molar-refractivity contribution < 1.29 is 19.1 Å². The molecule has 0 aromatic heterocycles. The number of carbonyl (C=O) groups is 2. The second-order valence-electron chi connectivity index (χ2n) is 26.9. The van der Waals surface area contributed by atoms with Gasteiger partial charge in [0, 0.05) is 25.7 Å². The maximum atomic E-state index is 13.0. The quantitative estimate of drug-likeness (QED) is 0.0879. The molecule has 0 aliphatic heterocycles. The lowest BCUT2D eigenvalue weighted by Crippen LogP contribution is -2.51. The van der Waals surface area contributed by atoms with Gasteiger partial charge in [0.1, 0.15) is 12.2 Å². The van der Waals surface area contributed by atoms with Crippen LogP contribution in [0.2, 0.25) is 0 Å². The van der Waals surface area contributed by atoms with Crippen molar-refractivity contribution in [2.75, 3.05) is 0 Å². The summed E-state index contributed by atoms with van der Waals surface area (Å²) in [5.74, 6) is 21.7. The Balaban J connectivity index is 0.726. The van der Waals surface area contributed by atoms with Crippen molar-refractivity contribution in [2.24, 2.45) is 92.7 Å². The summed E-state index contributed by atoms with van der Waals surface area (Å²) in [6.07, 6.45) is 34.7. The summed E-state index contributed by atoms with van der Waals surface area (Å²) in [5.41, 5.74) is 4.68. The van der Waals surface area contributed by atoms with Crippen LogP contribution < -0.4 is 0 Å². The summed E-state index contributed by atoms with van der Waals surface area (Å²) in [4.78, 5) is 26.0. The zero-order valence-electron chi connectivity index (χ0n) is 45.3. The van der Waals surface area contributed by atoms with Gasteiger partial charge in [-0.1, -0.05) is 143 Å². The van der Waals surface area contributed by atoms with Crippen molar-refractivity contribution in [3.05, 3.63) is 23.3 Å². The Morgan fingerprint density at radius 2 is 0.956 bits per heavy atom. The molecule has 0 spiro atoms. The summed E-state index contributed by atoms with van der Waals surface area (Å²) in [6.45, 7) is 25.1. The second-order valence-corrected chi connectivity index (χ2v) is 26.9. The molecule has 16 atom stereocenters. The maximum absolute atomic E-state index is 13.0. The SMILES string of the molecule is CC(C)CCC[C@@H](C)[C@H]1CC[C@H]2[C@@H]3CC=C4CC(OC(=O)CCC#CC#CCCC(=O)OC5CC[C@@]6(C)C(=CC[C@H]7[C@@H]8CC[C@H]([C@H](C)CCCC(C)C)[C@@]8(C)CC[C@@H]76)C5)CC[C@]4(C)[C@H]3CC[C@]12C. The van der Waals surface area contributed by atoms with Gasteiger partial charge in [0.2, 0.25) is 0 Å². The van der Waals surface area contributed by atoms with Crippen LogP contribution in [0.15, 0.2) is 23.3 Å². The van der Waals surface area contributed by atoms with Crippen molar-refractivity contribution in [1.29, 1.82) is 0 Å². The highest BCUT2D eigenvalue weighted by Crippen LogP contribution is 2.69. The summed E-state index contributed by atoms with van der Waals surface area (Å²) in [5, 5.41) is 0. The molecule has 6 fully saturated rings. The number of carbonyl (C=O) groups excluding carboxylic acids is 2. The summed E-state index contributed by atoms with van der Waals surface area (Å²) < 4.78 is 12.2. The van der Waals surface area contributed by atoms with Crippen molar-refractivity contribution in [1.82, 2.24) is 0 Å². The lowest BCUT2D eigenvalue weighted by Gasteiger charge is -2.58. The Hall–Kier alpha value is -2.46. The number of fused-ring (bicyclic) bond motifs is 10. The van der Waals surface area contributed by atoms with Gasteiger partial charge < -0.3 is 9.47 Å². The molecule has 6 saturated carbocycles. The van der Waals surface area contributed by atoms with Gasteiger partial charge in [0.15, 0.2) is 0 Å². The molecule has 0 bridgehead atoms. The molecule has 4 heteroatoms. The van der Waals surface area contributed by atoms with Crippen LogP contribution in [0.25, 0.3) is 0 Å². The van der Waals surface area contributed by atoms with E-state index in [0.717, 1.165) is 110 Å². The lowest BCUT2D eigenvalue weighted by molar-refractivity contribution is -0.152. The molecule has 68 heavy (non-hydrogen) atoms. The number of esters is 2. The van der Waals surface area contributed by atoms with Gasteiger partial charge >= 0.3 is 11.9 Å². The van der Waals surface area contributed by atoms with Crippen molar-refractivity contribution in [2.45, 2.75) is 248 Å². The molecule has 0 aromatic carbocycles. The summed E-state index contributed by atoms with van der Waals surface area (Å²) in [7, 11) is 0. The fraction of sp³-hybridized carbons (Fsp3) is 0.844. The van der Waals surface area contributed by atoms with E-state index < -0.39 is 0 Å². The Kier molecular flexibility index (Phi) is 16.6. The third-order valence-electron chi connectivity index (χ3n) is 22.3. The first kappa shape index (κ1) is 51.9. The van der Waals surface area contributed by atoms with Crippen molar-refractivity contribution in [3.63, 3.8) is 0 Å². The Bertz CT molecular complexity index is 1830. The molecule has 4 nitrogen and oxygen atoms in total. The highest BCUT2D eigenvalue weighted by molar-refractivity contribution is 5.70. The lowest BCUT2D eigenvalue weighted by atomic mass is 9.47. The van der Waals surface area contributed by atoms with E-state index in [4.69, 9.17) is 9.47 Å². The first-order valence-corrected chi connectivity index (χ1v) is 29.2. The van der Waals surface area contributed by atoms with Crippen LogP contribution in [0, 0.1) is 116 Å². The third kappa shape index (κ3) is 10.7. The van der Waals surface area contributed by atoms with E-state index in [1.165, 1.54) is 103 Å². The molecule has 2 unspecified atom stereocenters. The fourth-order valence-electron chi connectivity index (χ4n) is 18.5. The molecule has 0 radical (unpaired) electrons. The van der Waals surface area contributed by atoms with Crippen LogP contribution in [0.1, 0.15) is 236 Å². The van der Waals surface area contributed by atoms with E-state index >= 15 is 0 Å². The number of hydrogen-bond donors (Lipinski definition) is 0. The second kappa shape index (κ2) is 21.7. The van der Waals surface area contributed by atoms with Gasteiger partial charge in [-0.2, -0.15) is 0 Å². The van der Waals surface area contributed by atoms with E-state index in [2.05, 4.69) is 105 Å². The third-order valence-corrected chi connectivity index (χ3v) is 22.3. The van der Waals surface area contributed by atoms with Gasteiger partial charge in [-0.3, -0.25) is 9.59 Å². The summed E-state index contributed by atoms with van der Waals surface area (Å²) in [6, 6.07) is 0. The number of rotatable bonds is 16. The van der Waals surface area contributed by atoms with Crippen LogP contribution in [0.3, 0.4) is 0 Å². The first-order chi connectivity index (χ1) is 32.5. The van der Waals surface area contributed by atoms with E-state index in [-0.39, 0.29) is 35.0 Å². The maximum Gasteiger partial charge on any atom is 0.307 e. The van der Waals surface area contributed by atoms with Crippen LogP contribution in [-0.4, -0.2) is 24.1 Å². The molecular weight excluding hydrogens is 833 g/mol. The fourth-order valence-corrected chi connectivity index (χ4v) is 18.5. The monoisotopic (exact) mass is 931 g/mol. The molecule has 0 heterocycles. The molecule has 0 saturated heterocycles. The number of hydrogen-bond acceptors (Lipinski definition) is 4.